The van der Waals surface area contributed by atoms with Gasteiger partial charge in [0.05, 0.1) is 12.6 Å². The zero-order valence-electron chi connectivity index (χ0n) is 11.8. The fourth-order valence-electron chi connectivity index (χ4n) is 2.71. The number of hydrogen-bond acceptors (Lipinski definition) is 2. The lowest BCUT2D eigenvalue weighted by Crippen LogP contribution is -2.41. The summed E-state index contributed by atoms with van der Waals surface area (Å²) in [4.78, 5) is 14.8. The van der Waals surface area contributed by atoms with E-state index in [1.165, 1.54) is 12.1 Å². The number of rotatable bonds is 4. The second-order valence-corrected chi connectivity index (χ2v) is 5.54. The smallest absolute Gasteiger partial charge is 0.262 e. The van der Waals surface area contributed by atoms with Gasteiger partial charge < -0.3 is 10.3 Å². The summed E-state index contributed by atoms with van der Waals surface area (Å²) in [5.74, 6) is -3.55. The third-order valence-electron chi connectivity index (χ3n) is 3.85. The molecule has 0 saturated carbocycles. The van der Waals surface area contributed by atoms with E-state index in [9.17, 15) is 18.0 Å². The van der Waals surface area contributed by atoms with Gasteiger partial charge in [-0.15, -0.1) is 0 Å². The Kier molecular flexibility index (Phi) is 3.82. The number of hydrogen-bond donors (Lipinski definition) is 3. The lowest BCUT2D eigenvalue weighted by molar-refractivity contribution is -0.123. The minimum atomic E-state index is -2.82. The molecule has 0 bridgehead atoms. The van der Waals surface area contributed by atoms with E-state index in [0.717, 1.165) is 10.9 Å². The molecule has 0 radical (unpaired) electrons. The first kappa shape index (κ1) is 14.9. The maximum atomic E-state index is 13.1. The molecule has 3 rings (SSSR count). The molecule has 1 aromatic heterocycles. The van der Waals surface area contributed by atoms with Crippen LogP contribution in [-0.4, -0.2) is 35.9 Å². The Morgan fingerprint density at radius 1 is 1.41 bits per heavy atom. The molecule has 1 amide bonds. The van der Waals surface area contributed by atoms with Gasteiger partial charge in [0.15, 0.2) is 0 Å². The van der Waals surface area contributed by atoms with E-state index in [2.05, 4.69) is 15.6 Å². The summed E-state index contributed by atoms with van der Waals surface area (Å²) in [6.45, 7) is -0.119. The molecule has 1 saturated heterocycles. The van der Waals surface area contributed by atoms with E-state index in [-0.39, 0.29) is 5.82 Å². The summed E-state index contributed by atoms with van der Waals surface area (Å²) in [5.41, 5.74) is 1.64. The van der Waals surface area contributed by atoms with Gasteiger partial charge in [-0.3, -0.25) is 10.1 Å². The SMILES string of the molecule is O=C(NCCc1c[nH]c2cc(F)ccc12)C1CC(F)(F)CN1. The van der Waals surface area contributed by atoms with Crippen LogP contribution in [0.15, 0.2) is 24.4 Å². The molecule has 7 heteroatoms. The molecule has 118 valence electrons. The molecule has 1 atom stereocenters. The van der Waals surface area contributed by atoms with E-state index < -0.39 is 30.8 Å². The lowest BCUT2D eigenvalue weighted by atomic mass is 10.1. The van der Waals surface area contributed by atoms with E-state index >= 15 is 0 Å². The molecule has 4 nitrogen and oxygen atoms in total. The van der Waals surface area contributed by atoms with E-state index in [1.54, 1.807) is 12.3 Å². The maximum absolute atomic E-state index is 13.1. The Hall–Kier alpha value is -2.02. The van der Waals surface area contributed by atoms with E-state index in [1.807, 2.05) is 0 Å². The highest BCUT2D eigenvalue weighted by atomic mass is 19.3. The van der Waals surface area contributed by atoms with Gasteiger partial charge in [0, 0.05) is 30.1 Å². The summed E-state index contributed by atoms with van der Waals surface area (Å²) < 4.78 is 39.2. The minimum absolute atomic E-state index is 0.317. The number of H-pyrrole nitrogens is 1. The molecular formula is C15H16F3N3O. The van der Waals surface area contributed by atoms with Crippen LogP contribution < -0.4 is 10.6 Å². The van der Waals surface area contributed by atoms with Crippen LogP contribution >= 0.6 is 0 Å². The summed E-state index contributed by atoms with van der Waals surface area (Å²) in [6, 6.07) is 3.62. The van der Waals surface area contributed by atoms with Crippen molar-refractivity contribution in [3.63, 3.8) is 0 Å². The molecule has 2 aromatic rings. The summed E-state index contributed by atoms with van der Waals surface area (Å²) in [5, 5.41) is 6.06. The number of carbonyl (C=O) groups excluding carboxylic acids is 1. The lowest BCUT2D eigenvalue weighted by Gasteiger charge is -2.11. The molecule has 1 unspecified atom stereocenters. The molecule has 1 aliphatic heterocycles. The normalized spacial score (nSPS) is 20.4. The second-order valence-electron chi connectivity index (χ2n) is 5.54. The first-order chi connectivity index (χ1) is 10.4. The Balaban J connectivity index is 1.55. The Labute approximate surface area is 125 Å². The molecule has 2 heterocycles. The van der Waals surface area contributed by atoms with Crippen molar-refractivity contribution in [2.45, 2.75) is 24.8 Å². The monoisotopic (exact) mass is 311 g/mol. The molecule has 22 heavy (non-hydrogen) atoms. The number of amides is 1. The Morgan fingerprint density at radius 2 is 2.23 bits per heavy atom. The van der Waals surface area contributed by atoms with Crippen LogP contribution in [0.4, 0.5) is 13.2 Å². The van der Waals surface area contributed by atoms with Crippen molar-refractivity contribution in [2.24, 2.45) is 0 Å². The third kappa shape index (κ3) is 3.09. The van der Waals surface area contributed by atoms with Crippen molar-refractivity contribution < 1.29 is 18.0 Å². The molecule has 1 aliphatic rings. The number of aromatic amines is 1. The van der Waals surface area contributed by atoms with Crippen molar-refractivity contribution in [1.29, 1.82) is 0 Å². The Morgan fingerprint density at radius 3 is 2.95 bits per heavy atom. The summed E-state index contributed by atoms with van der Waals surface area (Å²) >= 11 is 0. The van der Waals surface area contributed by atoms with Crippen LogP contribution in [0.5, 0.6) is 0 Å². The first-order valence-corrected chi connectivity index (χ1v) is 7.09. The van der Waals surface area contributed by atoms with E-state index in [4.69, 9.17) is 0 Å². The zero-order chi connectivity index (χ0) is 15.7. The highest BCUT2D eigenvalue weighted by molar-refractivity contribution is 5.84. The zero-order valence-corrected chi connectivity index (χ0v) is 11.8. The first-order valence-electron chi connectivity index (χ1n) is 7.09. The molecule has 0 aliphatic carbocycles. The van der Waals surface area contributed by atoms with Gasteiger partial charge in [0.25, 0.3) is 5.92 Å². The second kappa shape index (κ2) is 5.64. The number of alkyl halides is 2. The number of carbonyl (C=O) groups is 1. The van der Waals surface area contributed by atoms with Gasteiger partial charge in [-0.2, -0.15) is 0 Å². The van der Waals surface area contributed by atoms with Gasteiger partial charge >= 0.3 is 0 Å². The van der Waals surface area contributed by atoms with Gasteiger partial charge in [-0.1, -0.05) is 0 Å². The van der Waals surface area contributed by atoms with Gasteiger partial charge in [-0.05, 0) is 30.2 Å². The predicted molar refractivity (Wildman–Crippen MR) is 76.3 cm³/mol. The van der Waals surface area contributed by atoms with Crippen molar-refractivity contribution in [3.05, 3.63) is 35.8 Å². The average molecular weight is 311 g/mol. The van der Waals surface area contributed by atoms with E-state index in [0.29, 0.717) is 18.5 Å². The van der Waals surface area contributed by atoms with Crippen molar-refractivity contribution in [1.82, 2.24) is 15.6 Å². The highest BCUT2D eigenvalue weighted by Crippen LogP contribution is 2.25. The fraction of sp³-hybridized carbons (Fsp3) is 0.400. The van der Waals surface area contributed by atoms with Crippen molar-refractivity contribution in [2.75, 3.05) is 13.1 Å². The number of halogens is 3. The van der Waals surface area contributed by atoms with Crippen LogP contribution in [0.25, 0.3) is 10.9 Å². The average Bonchev–Trinajstić information content (AvgIpc) is 3.02. The number of aromatic nitrogens is 1. The largest absolute Gasteiger partial charge is 0.361 e. The van der Waals surface area contributed by atoms with Gasteiger partial charge in [0.2, 0.25) is 5.91 Å². The molecular weight excluding hydrogens is 295 g/mol. The van der Waals surface area contributed by atoms with Gasteiger partial charge in [0.1, 0.15) is 5.82 Å². The summed E-state index contributed by atoms with van der Waals surface area (Å²) in [7, 11) is 0. The Bertz CT molecular complexity index is 698. The number of fused-ring (bicyclic) bond motifs is 1. The maximum Gasteiger partial charge on any atom is 0.262 e. The fourth-order valence-corrected chi connectivity index (χ4v) is 2.71. The van der Waals surface area contributed by atoms with Gasteiger partial charge in [-0.25, -0.2) is 13.2 Å². The van der Waals surface area contributed by atoms with Crippen molar-refractivity contribution >= 4 is 16.8 Å². The van der Waals surface area contributed by atoms with Crippen molar-refractivity contribution in [3.8, 4) is 0 Å². The molecule has 0 spiro atoms. The number of nitrogens with one attached hydrogen (secondary N) is 3. The van der Waals surface area contributed by atoms with Crippen LogP contribution in [-0.2, 0) is 11.2 Å². The molecule has 1 aromatic carbocycles. The minimum Gasteiger partial charge on any atom is -0.361 e. The quantitative estimate of drug-likeness (QED) is 0.808. The summed E-state index contributed by atoms with van der Waals surface area (Å²) in [6.07, 6.45) is 1.84. The van der Waals surface area contributed by atoms with Crippen LogP contribution in [0.3, 0.4) is 0 Å². The predicted octanol–water partition coefficient (Wildman–Crippen LogP) is 1.96. The third-order valence-corrected chi connectivity index (χ3v) is 3.85. The molecule has 1 fully saturated rings. The topological polar surface area (TPSA) is 56.9 Å². The highest BCUT2D eigenvalue weighted by Gasteiger charge is 2.42. The number of benzene rings is 1. The standard InChI is InChI=1S/C15H16F3N3O/c16-10-1-2-11-9(7-20-12(11)5-10)3-4-19-14(22)13-6-15(17,18)8-21-13/h1-2,5,7,13,20-21H,3-4,6,8H2,(H,19,22). The van der Waals surface area contributed by atoms with Crippen LogP contribution in [0.2, 0.25) is 0 Å². The molecule has 3 N–H and O–H groups in total. The van der Waals surface area contributed by atoms with Crippen LogP contribution in [0, 0.1) is 5.82 Å². The van der Waals surface area contributed by atoms with Crippen LogP contribution in [0.1, 0.15) is 12.0 Å².